The van der Waals surface area contributed by atoms with E-state index in [-0.39, 0.29) is 17.6 Å². The zero-order chi connectivity index (χ0) is 13.9. The number of carbonyl (C=O) groups excluding carboxylic acids is 1. The maximum Gasteiger partial charge on any atom is 0.154 e. The molecule has 20 heavy (non-hydrogen) atoms. The maximum absolute atomic E-state index is 12.9. The van der Waals surface area contributed by atoms with Gasteiger partial charge in [0.25, 0.3) is 0 Å². The van der Waals surface area contributed by atoms with Gasteiger partial charge < -0.3 is 5.32 Å². The van der Waals surface area contributed by atoms with Gasteiger partial charge in [0.15, 0.2) is 5.78 Å². The molecular weight excluding hydrogens is 253 g/mol. The van der Waals surface area contributed by atoms with Crippen LogP contribution in [-0.2, 0) is 11.2 Å². The first-order valence-electron chi connectivity index (χ1n) is 7.75. The molecule has 1 saturated heterocycles. The molecule has 3 rings (SSSR count). The molecule has 1 aromatic rings. The highest BCUT2D eigenvalue weighted by molar-refractivity contribution is 5.86. The van der Waals surface area contributed by atoms with E-state index in [1.54, 1.807) is 12.1 Å². The first-order valence-corrected chi connectivity index (χ1v) is 7.75. The fourth-order valence-electron chi connectivity index (χ4n) is 3.68. The zero-order valence-corrected chi connectivity index (χ0v) is 11.8. The topological polar surface area (TPSA) is 29.1 Å². The summed E-state index contributed by atoms with van der Waals surface area (Å²) in [5.41, 5.74) is 0.906. The van der Waals surface area contributed by atoms with Crippen LogP contribution in [0, 0.1) is 11.7 Å². The van der Waals surface area contributed by atoms with Gasteiger partial charge in [-0.05, 0) is 49.3 Å². The molecule has 2 nitrogen and oxygen atoms in total. The Hall–Kier alpha value is -1.22. The molecule has 1 aromatic carbocycles. The fraction of sp³-hybridized carbons (Fsp3) is 0.588. The van der Waals surface area contributed by atoms with Crippen LogP contribution < -0.4 is 5.32 Å². The zero-order valence-electron chi connectivity index (χ0n) is 11.8. The van der Waals surface area contributed by atoms with Crippen molar-refractivity contribution in [1.82, 2.24) is 5.32 Å². The third-order valence-electron chi connectivity index (χ3n) is 4.83. The van der Waals surface area contributed by atoms with E-state index in [0.717, 1.165) is 17.9 Å². The lowest BCUT2D eigenvalue weighted by Crippen LogP contribution is -2.52. The van der Waals surface area contributed by atoms with Crippen LogP contribution in [0.5, 0.6) is 0 Å². The number of carbonyl (C=O) groups is 1. The van der Waals surface area contributed by atoms with E-state index in [4.69, 9.17) is 0 Å². The number of hydrogen-bond acceptors (Lipinski definition) is 2. The Morgan fingerprint density at radius 3 is 2.65 bits per heavy atom. The average molecular weight is 275 g/mol. The predicted octanol–water partition coefficient (Wildman–Crippen LogP) is 3.25. The minimum atomic E-state index is -0.248. The van der Waals surface area contributed by atoms with E-state index in [1.165, 1.54) is 44.2 Å². The van der Waals surface area contributed by atoms with Gasteiger partial charge in [-0.2, -0.15) is 0 Å². The van der Waals surface area contributed by atoms with Crippen molar-refractivity contribution >= 4 is 5.78 Å². The van der Waals surface area contributed by atoms with Crippen molar-refractivity contribution in [3.63, 3.8) is 0 Å². The quantitative estimate of drug-likeness (QED) is 0.917. The Kier molecular flexibility index (Phi) is 4.16. The van der Waals surface area contributed by atoms with E-state index in [9.17, 15) is 9.18 Å². The molecule has 0 aromatic heterocycles. The van der Waals surface area contributed by atoms with Gasteiger partial charge >= 0.3 is 0 Å². The Balaban J connectivity index is 1.58. The molecule has 3 unspecified atom stereocenters. The number of rotatable bonds is 3. The second kappa shape index (κ2) is 6.04. The average Bonchev–Trinajstić information content (AvgIpc) is 2.49. The van der Waals surface area contributed by atoms with E-state index < -0.39 is 0 Å². The molecule has 0 spiro atoms. The predicted molar refractivity (Wildman–Crippen MR) is 77.0 cm³/mol. The third kappa shape index (κ3) is 3.09. The number of fused-ring (bicyclic) bond motifs is 1. The molecule has 1 heterocycles. The van der Waals surface area contributed by atoms with Crippen LogP contribution in [0.15, 0.2) is 24.3 Å². The Bertz CT molecular complexity index is 470. The second-order valence-electron chi connectivity index (χ2n) is 6.22. The van der Waals surface area contributed by atoms with Gasteiger partial charge in [-0.25, -0.2) is 4.39 Å². The SMILES string of the molecule is O=C(Cc1ccc(F)cc1)C1CCC2CCCCC2N1. The van der Waals surface area contributed by atoms with Gasteiger partial charge in [-0.3, -0.25) is 4.79 Å². The van der Waals surface area contributed by atoms with Crippen LogP contribution in [0.1, 0.15) is 44.1 Å². The fourth-order valence-corrected chi connectivity index (χ4v) is 3.68. The van der Waals surface area contributed by atoms with Gasteiger partial charge in [0.1, 0.15) is 5.82 Å². The summed E-state index contributed by atoms with van der Waals surface area (Å²) in [7, 11) is 0. The second-order valence-corrected chi connectivity index (χ2v) is 6.22. The van der Waals surface area contributed by atoms with Crippen LogP contribution in [0.4, 0.5) is 4.39 Å². The van der Waals surface area contributed by atoms with E-state index >= 15 is 0 Å². The van der Waals surface area contributed by atoms with Crippen LogP contribution in [0.25, 0.3) is 0 Å². The molecule has 0 amide bonds. The van der Waals surface area contributed by atoms with Gasteiger partial charge in [0.05, 0.1) is 6.04 Å². The van der Waals surface area contributed by atoms with E-state index in [2.05, 4.69) is 5.32 Å². The number of ketones is 1. The standard InChI is InChI=1S/C17H22FNO/c18-14-8-5-12(6-9-14)11-17(20)16-10-7-13-3-1-2-4-15(13)19-16/h5-6,8-9,13,15-16,19H,1-4,7,10-11H2. The number of halogens is 1. The lowest BCUT2D eigenvalue weighted by molar-refractivity contribution is -0.121. The first-order chi connectivity index (χ1) is 9.72. The summed E-state index contributed by atoms with van der Waals surface area (Å²) in [5, 5.41) is 3.56. The first kappa shape index (κ1) is 13.7. The van der Waals surface area contributed by atoms with E-state index in [0.29, 0.717) is 12.5 Å². The largest absolute Gasteiger partial charge is 0.304 e. The van der Waals surface area contributed by atoms with Gasteiger partial charge in [-0.1, -0.05) is 25.0 Å². The van der Waals surface area contributed by atoms with Gasteiger partial charge in [0.2, 0.25) is 0 Å². The summed E-state index contributed by atoms with van der Waals surface area (Å²) >= 11 is 0. The molecule has 2 fully saturated rings. The molecule has 2 aliphatic rings. The molecule has 3 atom stereocenters. The van der Waals surface area contributed by atoms with Crippen molar-refractivity contribution in [2.24, 2.45) is 5.92 Å². The molecule has 1 saturated carbocycles. The highest BCUT2D eigenvalue weighted by Crippen LogP contribution is 2.32. The number of piperidine rings is 1. The normalized spacial score (nSPS) is 29.8. The van der Waals surface area contributed by atoms with Crippen molar-refractivity contribution < 1.29 is 9.18 Å². The van der Waals surface area contributed by atoms with Crippen molar-refractivity contribution in [3.05, 3.63) is 35.6 Å². The highest BCUT2D eigenvalue weighted by atomic mass is 19.1. The molecule has 1 aliphatic carbocycles. The Morgan fingerprint density at radius 1 is 1.10 bits per heavy atom. The van der Waals surface area contributed by atoms with Gasteiger partial charge in [0, 0.05) is 12.5 Å². The van der Waals surface area contributed by atoms with Crippen molar-refractivity contribution in [1.29, 1.82) is 0 Å². The molecule has 3 heteroatoms. The van der Waals surface area contributed by atoms with Gasteiger partial charge in [-0.15, -0.1) is 0 Å². The molecule has 1 aliphatic heterocycles. The highest BCUT2D eigenvalue weighted by Gasteiger charge is 2.34. The molecule has 108 valence electrons. The summed E-state index contributed by atoms with van der Waals surface area (Å²) in [5.74, 6) is 0.779. The van der Waals surface area contributed by atoms with Crippen LogP contribution in [0.3, 0.4) is 0 Å². The van der Waals surface area contributed by atoms with Crippen molar-refractivity contribution in [3.8, 4) is 0 Å². The van der Waals surface area contributed by atoms with Crippen LogP contribution >= 0.6 is 0 Å². The van der Waals surface area contributed by atoms with Crippen LogP contribution in [0.2, 0.25) is 0 Å². The summed E-state index contributed by atoms with van der Waals surface area (Å²) in [4.78, 5) is 12.4. The number of benzene rings is 1. The molecule has 0 bridgehead atoms. The maximum atomic E-state index is 12.9. The number of nitrogens with one attached hydrogen (secondary N) is 1. The van der Waals surface area contributed by atoms with Crippen molar-refractivity contribution in [2.45, 2.75) is 57.0 Å². The van der Waals surface area contributed by atoms with E-state index in [1.807, 2.05) is 0 Å². The minimum Gasteiger partial charge on any atom is -0.304 e. The van der Waals surface area contributed by atoms with Crippen LogP contribution in [-0.4, -0.2) is 17.9 Å². The molecule has 1 N–H and O–H groups in total. The summed E-state index contributed by atoms with van der Waals surface area (Å²) in [6.07, 6.45) is 7.71. The lowest BCUT2D eigenvalue weighted by Gasteiger charge is -2.40. The minimum absolute atomic E-state index is 0.000553. The Labute approximate surface area is 119 Å². The smallest absolute Gasteiger partial charge is 0.154 e. The Morgan fingerprint density at radius 2 is 1.85 bits per heavy atom. The summed E-state index contributed by atoms with van der Waals surface area (Å²) in [6.45, 7) is 0. The lowest BCUT2D eigenvalue weighted by atomic mass is 9.77. The third-order valence-corrected chi connectivity index (χ3v) is 4.83. The summed E-state index contributed by atoms with van der Waals surface area (Å²) < 4.78 is 12.9. The molecular formula is C17H22FNO. The summed E-state index contributed by atoms with van der Waals surface area (Å²) in [6, 6.07) is 6.81. The number of hydrogen-bond donors (Lipinski definition) is 1. The monoisotopic (exact) mass is 275 g/mol. The van der Waals surface area contributed by atoms with Crippen molar-refractivity contribution in [2.75, 3.05) is 0 Å². The number of Topliss-reactive ketones (excluding diaryl/α,β-unsaturated/α-hetero) is 1. The molecule has 0 radical (unpaired) electrons.